The van der Waals surface area contributed by atoms with Gasteiger partial charge in [-0.3, -0.25) is 0 Å². The summed E-state index contributed by atoms with van der Waals surface area (Å²) < 4.78 is 11.8. The van der Waals surface area contributed by atoms with Crippen LogP contribution in [0.3, 0.4) is 0 Å². The third-order valence-corrected chi connectivity index (χ3v) is 3.79. The van der Waals surface area contributed by atoms with Crippen molar-refractivity contribution in [2.45, 2.75) is 20.8 Å². The summed E-state index contributed by atoms with van der Waals surface area (Å²) in [5, 5.41) is 11.0. The van der Waals surface area contributed by atoms with Crippen molar-refractivity contribution in [2.75, 3.05) is 49.7 Å². The number of rotatable bonds is 6. The van der Waals surface area contributed by atoms with Gasteiger partial charge < -0.3 is 19.7 Å². The van der Waals surface area contributed by atoms with E-state index in [0.717, 1.165) is 0 Å². The lowest BCUT2D eigenvalue weighted by Gasteiger charge is -2.27. The molecular formula is C15H22N8O3. The summed E-state index contributed by atoms with van der Waals surface area (Å²) in [5.41, 5.74) is 0.648. The van der Waals surface area contributed by atoms with Gasteiger partial charge in [0.1, 0.15) is 0 Å². The zero-order chi connectivity index (χ0) is 18.5. The Morgan fingerprint density at radius 2 is 1.92 bits per heavy atom. The Kier molecular flexibility index (Phi) is 5.56. The SMILES string of the molecule is CCNc1nc(N2CCOCC2)nc(-n2nnc(C(=O)OCC)c2C)n1. The molecule has 26 heavy (non-hydrogen) atoms. The Morgan fingerprint density at radius 3 is 2.62 bits per heavy atom. The van der Waals surface area contributed by atoms with Crippen LogP contribution in [0.15, 0.2) is 0 Å². The fourth-order valence-corrected chi connectivity index (χ4v) is 2.50. The molecule has 11 heteroatoms. The van der Waals surface area contributed by atoms with Gasteiger partial charge in [0.05, 0.1) is 25.5 Å². The zero-order valence-corrected chi connectivity index (χ0v) is 15.1. The van der Waals surface area contributed by atoms with Gasteiger partial charge in [0.15, 0.2) is 5.69 Å². The van der Waals surface area contributed by atoms with Gasteiger partial charge in [-0.2, -0.15) is 19.6 Å². The highest BCUT2D eigenvalue weighted by atomic mass is 16.5. The molecule has 3 heterocycles. The second kappa shape index (κ2) is 8.04. The Bertz CT molecular complexity index is 772. The minimum atomic E-state index is -0.523. The molecule has 0 radical (unpaired) electrons. The number of nitrogens with one attached hydrogen (secondary N) is 1. The summed E-state index contributed by atoms with van der Waals surface area (Å²) in [4.78, 5) is 27.3. The van der Waals surface area contributed by atoms with Crippen molar-refractivity contribution >= 4 is 17.9 Å². The van der Waals surface area contributed by atoms with Crippen molar-refractivity contribution < 1.29 is 14.3 Å². The molecule has 140 valence electrons. The minimum absolute atomic E-state index is 0.144. The number of esters is 1. The largest absolute Gasteiger partial charge is 0.461 e. The number of ether oxygens (including phenoxy) is 2. The van der Waals surface area contributed by atoms with E-state index in [1.807, 2.05) is 11.8 Å². The first-order chi connectivity index (χ1) is 12.6. The van der Waals surface area contributed by atoms with Crippen LogP contribution in [-0.2, 0) is 9.47 Å². The normalized spacial score (nSPS) is 14.3. The molecule has 1 aliphatic rings. The molecule has 0 spiro atoms. The molecule has 0 aliphatic carbocycles. The van der Waals surface area contributed by atoms with Crippen molar-refractivity contribution in [2.24, 2.45) is 0 Å². The number of carbonyl (C=O) groups excluding carboxylic acids is 1. The summed E-state index contributed by atoms with van der Waals surface area (Å²) in [6.45, 7) is 8.97. The molecule has 1 N–H and O–H groups in total. The van der Waals surface area contributed by atoms with E-state index in [1.54, 1.807) is 13.8 Å². The van der Waals surface area contributed by atoms with E-state index in [1.165, 1.54) is 4.68 Å². The minimum Gasteiger partial charge on any atom is -0.461 e. The van der Waals surface area contributed by atoms with Crippen LogP contribution >= 0.6 is 0 Å². The lowest BCUT2D eigenvalue weighted by atomic mass is 10.3. The first kappa shape index (κ1) is 18.0. The number of carbonyl (C=O) groups is 1. The summed E-state index contributed by atoms with van der Waals surface area (Å²) in [6, 6.07) is 0. The van der Waals surface area contributed by atoms with Crippen LogP contribution in [0, 0.1) is 6.92 Å². The van der Waals surface area contributed by atoms with E-state index in [2.05, 4.69) is 30.6 Å². The molecule has 2 aromatic heterocycles. The van der Waals surface area contributed by atoms with Gasteiger partial charge in [-0.25, -0.2) is 4.79 Å². The van der Waals surface area contributed by atoms with Gasteiger partial charge in [-0.15, -0.1) is 5.10 Å². The van der Waals surface area contributed by atoms with Gasteiger partial charge in [0, 0.05) is 19.6 Å². The average molecular weight is 362 g/mol. The van der Waals surface area contributed by atoms with Gasteiger partial charge in [-0.1, -0.05) is 5.21 Å². The first-order valence-corrected chi connectivity index (χ1v) is 8.56. The Morgan fingerprint density at radius 1 is 1.19 bits per heavy atom. The zero-order valence-electron chi connectivity index (χ0n) is 15.1. The quantitative estimate of drug-likeness (QED) is 0.714. The maximum atomic E-state index is 12.0. The number of aromatic nitrogens is 6. The lowest BCUT2D eigenvalue weighted by Crippen LogP contribution is -2.37. The van der Waals surface area contributed by atoms with E-state index < -0.39 is 5.97 Å². The van der Waals surface area contributed by atoms with E-state index in [4.69, 9.17) is 9.47 Å². The molecule has 11 nitrogen and oxygen atoms in total. The van der Waals surface area contributed by atoms with Crippen LogP contribution in [0.4, 0.5) is 11.9 Å². The van der Waals surface area contributed by atoms with E-state index in [9.17, 15) is 4.79 Å². The molecule has 0 bridgehead atoms. The molecule has 1 aliphatic heterocycles. The second-order valence-corrected chi connectivity index (χ2v) is 5.54. The lowest BCUT2D eigenvalue weighted by molar-refractivity contribution is 0.0518. The standard InChI is InChI=1S/C15H22N8O3/c1-4-16-13-17-14(22-6-8-25-9-7-22)19-15(18-13)23-10(3)11(20-21-23)12(24)26-5-2/h4-9H2,1-3H3,(H,16,17,18,19). The Balaban J connectivity index is 1.98. The third kappa shape index (κ3) is 3.72. The van der Waals surface area contributed by atoms with Crippen LogP contribution in [0.5, 0.6) is 0 Å². The predicted molar refractivity (Wildman–Crippen MR) is 92.6 cm³/mol. The smallest absolute Gasteiger partial charge is 0.360 e. The van der Waals surface area contributed by atoms with Crippen LogP contribution < -0.4 is 10.2 Å². The Hall–Kier alpha value is -2.82. The van der Waals surface area contributed by atoms with Crippen LogP contribution in [0.25, 0.3) is 5.95 Å². The Labute approximate surface area is 150 Å². The van der Waals surface area contributed by atoms with Crippen molar-refractivity contribution in [3.8, 4) is 5.95 Å². The van der Waals surface area contributed by atoms with Gasteiger partial charge in [0.2, 0.25) is 11.9 Å². The third-order valence-electron chi connectivity index (χ3n) is 3.79. The van der Waals surface area contributed by atoms with Crippen molar-refractivity contribution in [3.63, 3.8) is 0 Å². The highest BCUT2D eigenvalue weighted by molar-refractivity contribution is 5.88. The van der Waals surface area contributed by atoms with Crippen molar-refractivity contribution in [1.29, 1.82) is 0 Å². The summed E-state index contributed by atoms with van der Waals surface area (Å²) in [5.74, 6) is 0.733. The van der Waals surface area contributed by atoms with Crippen LogP contribution in [0.2, 0.25) is 0 Å². The first-order valence-electron chi connectivity index (χ1n) is 8.56. The predicted octanol–water partition coefficient (Wildman–Crippen LogP) is 0.206. The van der Waals surface area contributed by atoms with Crippen LogP contribution in [-0.4, -0.2) is 75.4 Å². The van der Waals surface area contributed by atoms with Crippen molar-refractivity contribution in [1.82, 2.24) is 29.9 Å². The summed E-state index contributed by atoms with van der Waals surface area (Å²) >= 11 is 0. The molecule has 1 fully saturated rings. The second-order valence-electron chi connectivity index (χ2n) is 5.54. The highest BCUT2D eigenvalue weighted by Crippen LogP contribution is 2.16. The fourth-order valence-electron chi connectivity index (χ4n) is 2.50. The van der Waals surface area contributed by atoms with E-state index in [-0.39, 0.29) is 18.2 Å². The molecular weight excluding hydrogens is 340 g/mol. The van der Waals surface area contributed by atoms with Gasteiger partial charge >= 0.3 is 5.97 Å². The molecule has 3 rings (SSSR count). The monoisotopic (exact) mass is 362 g/mol. The molecule has 0 amide bonds. The molecule has 2 aromatic rings. The number of hydrogen-bond acceptors (Lipinski definition) is 10. The maximum Gasteiger partial charge on any atom is 0.360 e. The number of nitrogens with zero attached hydrogens (tertiary/aromatic N) is 7. The highest BCUT2D eigenvalue weighted by Gasteiger charge is 2.22. The fraction of sp³-hybridized carbons (Fsp3) is 0.600. The number of hydrogen-bond donors (Lipinski definition) is 1. The molecule has 0 unspecified atom stereocenters. The molecule has 0 saturated carbocycles. The topological polar surface area (TPSA) is 120 Å². The van der Waals surface area contributed by atoms with Crippen LogP contribution in [0.1, 0.15) is 30.0 Å². The van der Waals surface area contributed by atoms with Gasteiger partial charge in [-0.05, 0) is 20.8 Å². The van der Waals surface area contributed by atoms with Gasteiger partial charge in [0.25, 0.3) is 5.95 Å². The maximum absolute atomic E-state index is 12.0. The average Bonchev–Trinajstić information content (AvgIpc) is 3.04. The summed E-state index contributed by atoms with van der Waals surface area (Å²) in [7, 11) is 0. The molecule has 1 saturated heterocycles. The van der Waals surface area contributed by atoms with E-state index >= 15 is 0 Å². The molecule has 0 aromatic carbocycles. The number of anilines is 2. The summed E-state index contributed by atoms with van der Waals surface area (Å²) in [6.07, 6.45) is 0. The van der Waals surface area contributed by atoms with E-state index in [0.29, 0.717) is 50.4 Å². The number of morpholine rings is 1. The molecule has 0 atom stereocenters. The van der Waals surface area contributed by atoms with Crippen molar-refractivity contribution in [3.05, 3.63) is 11.4 Å².